The average molecular weight is 678 g/mol. The number of benzene rings is 1. The van der Waals surface area contributed by atoms with Crippen LogP contribution in [0.4, 0.5) is 0 Å². The lowest BCUT2D eigenvalue weighted by molar-refractivity contribution is -0.146. The molecule has 0 spiro atoms. The third-order valence-corrected chi connectivity index (χ3v) is 9.71. The van der Waals surface area contributed by atoms with Gasteiger partial charge in [-0.3, -0.25) is 24.1 Å². The normalized spacial score (nSPS) is 19.1. The third-order valence-electron chi connectivity index (χ3n) is 9.71. The summed E-state index contributed by atoms with van der Waals surface area (Å²) in [6, 6.07) is 7.60. The zero-order valence-corrected chi connectivity index (χ0v) is 30.1. The van der Waals surface area contributed by atoms with E-state index in [1.165, 1.54) is 7.11 Å². The fourth-order valence-corrected chi connectivity index (χ4v) is 6.60. The number of carbonyl (C=O) groups excluding carboxylic acids is 4. The van der Waals surface area contributed by atoms with E-state index >= 15 is 0 Å². The summed E-state index contributed by atoms with van der Waals surface area (Å²) in [4.78, 5) is 58.0. The van der Waals surface area contributed by atoms with Gasteiger partial charge in [-0.25, -0.2) is 0 Å². The number of carbonyl (C=O) groups is 4. The molecular formula is C35H59N5O8. The first-order valence-electron chi connectivity index (χ1n) is 17.0. The van der Waals surface area contributed by atoms with E-state index in [0.717, 1.165) is 18.4 Å². The number of aliphatic hydroxyl groups excluding tert-OH is 2. The molecule has 4 N–H and O–H groups in total. The van der Waals surface area contributed by atoms with Crippen molar-refractivity contribution < 1.29 is 38.9 Å². The molecule has 4 amide bonds. The van der Waals surface area contributed by atoms with Gasteiger partial charge in [-0.2, -0.15) is 0 Å². The van der Waals surface area contributed by atoms with E-state index in [9.17, 15) is 29.4 Å². The van der Waals surface area contributed by atoms with Crippen LogP contribution < -0.4 is 10.6 Å². The van der Waals surface area contributed by atoms with Crippen molar-refractivity contribution in [1.82, 2.24) is 25.3 Å². The standard InChI is InChI=1S/C35H59N5O8/c1-9-23(2)32(39(6)31(44)20-36-35(46)28(22-42)38(4)5)29(47-7)19-30(43)40-17-13-16-27(40)33(48-8)24(3)34(45)37-26(21-41)18-25-14-11-10-12-15-25/h10-12,14-15,23-24,26-29,32-33,41-42H,9,13,16-22H2,1-8H3,(H,36,46)(H,37,45). The van der Waals surface area contributed by atoms with Gasteiger partial charge < -0.3 is 40.1 Å². The lowest BCUT2D eigenvalue weighted by Crippen LogP contribution is -2.55. The quantitative estimate of drug-likeness (QED) is 0.156. The Bertz CT molecular complexity index is 1160. The van der Waals surface area contributed by atoms with Crippen molar-refractivity contribution >= 4 is 23.6 Å². The Morgan fingerprint density at radius 3 is 2.21 bits per heavy atom. The minimum Gasteiger partial charge on any atom is -0.394 e. The van der Waals surface area contributed by atoms with E-state index in [1.807, 2.05) is 44.2 Å². The molecule has 1 fully saturated rings. The topological polar surface area (TPSA) is 161 Å². The van der Waals surface area contributed by atoms with Gasteiger partial charge in [0.05, 0.1) is 62.4 Å². The molecule has 48 heavy (non-hydrogen) atoms. The van der Waals surface area contributed by atoms with Gasteiger partial charge in [-0.1, -0.05) is 57.5 Å². The Kier molecular flexibility index (Phi) is 17.5. The third kappa shape index (κ3) is 11.2. The molecule has 0 aliphatic carbocycles. The molecule has 1 saturated heterocycles. The van der Waals surface area contributed by atoms with Crippen molar-refractivity contribution in [1.29, 1.82) is 0 Å². The molecule has 8 unspecified atom stereocenters. The van der Waals surface area contributed by atoms with Crippen LogP contribution in [-0.4, -0.2) is 147 Å². The predicted molar refractivity (Wildman–Crippen MR) is 183 cm³/mol. The monoisotopic (exact) mass is 677 g/mol. The lowest BCUT2D eigenvalue weighted by atomic mass is 9.90. The second kappa shape index (κ2) is 20.4. The van der Waals surface area contributed by atoms with Gasteiger partial charge in [-0.15, -0.1) is 0 Å². The molecule has 13 heteroatoms. The fraction of sp³-hybridized carbons (Fsp3) is 0.714. The van der Waals surface area contributed by atoms with Crippen LogP contribution in [0.1, 0.15) is 52.0 Å². The zero-order valence-electron chi connectivity index (χ0n) is 30.1. The number of methoxy groups -OCH3 is 2. The number of nitrogens with zero attached hydrogens (tertiary/aromatic N) is 3. The number of amides is 4. The summed E-state index contributed by atoms with van der Waals surface area (Å²) in [5.74, 6) is -1.84. The molecular weight excluding hydrogens is 618 g/mol. The van der Waals surface area contributed by atoms with Crippen LogP contribution in [0.25, 0.3) is 0 Å². The summed E-state index contributed by atoms with van der Waals surface area (Å²) < 4.78 is 11.7. The second-order valence-electron chi connectivity index (χ2n) is 13.1. The average Bonchev–Trinajstić information content (AvgIpc) is 3.56. The number of ether oxygens (including phenoxy) is 2. The Labute approximate surface area is 286 Å². The summed E-state index contributed by atoms with van der Waals surface area (Å²) in [7, 11) is 8.05. The summed E-state index contributed by atoms with van der Waals surface area (Å²) in [5, 5.41) is 25.1. The summed E-state index contributed by atoms with van der Waals surface area (Å²) in [5.41, 5.74) is 1.00. The lowest BCUT2D eigenvalue weighted by Gasteiger charge is -2.39. The van der Waals surface area contributed by atoms with Crippen LogP contribution in [0.15, 0.2) is 30.3 Å². The number of likely N-dealkylation sites (tertiary alicyclic amines) is 1. The van der Waals surface area contributed by atoms with Crippen LogP contribution in [0.3, 0.4) is 0 Å². The van der Waals surface area contributed by atoms with Crippen molar-refractivity contribution in [2.45, 2.75) is 89.3 Å². The van der Waals surface area contributed by atoms with E-state index < -0.39 is 42.2 Å². The molecule has 272 valence electrons. The summed E-state index contributed by atoms with van der Waals surface area (Å²) in [6.07, 6.45) is 1.44. The first kappa shape index (κ1) is 41.1. The molecule has 1 aromatic rings. The Morgan fingerprint density at radius 2 is 1.67 bits per heavy atom. The van der Waals surface area contributed by atoms with Gasteiger partial charge in [0, 0.05) is 27.8 Å². The van der Waals surface area contributed by atoms with E-state index in [4.69, 9.17) is 9.47 Å². The number of aliphatic hydroxyl groups is 2. The smallest absolute Gasteiger partial charge is 0.242 e. The van der Waals surface area contributed by atoms with E-state index in [2.05, 4.69) is 10.6 Å². The largest absolute Gasteiger partial charge is 0.394 e. The number of hydrogen-bond acceptors (Lipinski definition) is 9. The van der Waals surface area contributed by atoms with Crippen molar-refractivity contribution in [3.05, 3.63) is 35.9 Å². The predicted octanol–water partition coefficient (Wildman–Crippen LogP) is 0.665. The van der Waals surface area contributed by atoms with E-state index in [1.54, 1.807) is 49.9 Å². The number of hydrogen-bond donors (Lipinski definition) is 4. The van der Waals surface area contributed by atoms with Gasteiger partial charge in [0.2, 0.25) is 23.6 Å². The van der Waals surface area contributed by atoms with Gasteiger partial charge >= 0.3 is 0 Å². The highest BCUT2D eigenvalue weighted by Crippen LogP contribution is 2.29. The van der Waals surface area contributed by atoms with Gasteiger partial charge in [0.15, 0.2) is 0 Å². The summed E-state index contributed by atoms with van der Waals surface area (Å²) in [6.45, 7) is 5.43. The molecule has 1 aromatic carbocycles. The van der Waals surface area contributed by atoms with Gasteiger partial charge in [0.1, 0.15) is 6.04 Å². The number of likely N-dealkylation sites (N-methyl/N-ethyl adjacent to an activating group) is 2. The highest BCUT2D eigenvalue weighted by Gasteiger charge is 2.42. The Hall–Kier alpha value is -3.10. The van der Waals surface area contributed by atoms with Crippen LogP contribution in [0, 0.1) is 11.8 Å². The first-order chi connectivity index (χ1) is 22.8. The molecule has 8 atom stereocenters. The summed E-state index contributed by atoms with van der Waals surface area (Å²) >= 11 is 0. The SMILES string of the molecule is CCC(C)C(C(CC(=O)N1CCCC1C(OC)C(C)C(=O)NC(CO)Cc1ccccc1)OC)N(C)C(=O)CNC(=O)C(CO)N(C)C. The molecule has 0 saturated carbocycles. The molecule has 2 rings (SSSR count). The fourth-order valence-electron chi connectivity index (χ4n) is 6.60. The van der Waals surface area contributed by atoms with Crippen molar-refractivity contribution in [2.75, 3.05) is 61.7 Å². The molecule has 0 radical (unpaired) electrons. The zero-order chi connectivity index (χ0) is 36.0. The molecule has 0 bridgehead atoms. The van der Waals surface area contributed by atoms with Crippen LogP contribution in [0.5, 0.6) is 0 Å². The Morgan fingerprint density at radius 1 is 1.00 bits per heavy atom. The van der Waals surface area contributed by atoms with Gasteiger partial charge in [-0.05, 0) is 44.8 Å². The van der Waals surface area contributed by atoms with Crippen molar-refractivity contribution in [2.24, 2.45) is 11.8 Å². The minimum atomic E-state index is -0.777. The second-order valence-corrected chi connectivity index (χ2v) is 13.1. The highest BCUT2D eigenvalue weighted by atomic mass is 16.5. The van der Waals surface area contributed by atoms with E-state index in [0.29, 0.717) is 19.4 Å². The molecule has 0 aromatic heterocycles. The first-order valence-corrected chi connectivity index (χ1v) is 17.0. The molecule has 1 aliphatic heterocycles. The maximum atomic E-state index is 13.9. The highest BCUT2D eigenvalue weighted by molar-refractivity contribution is 5.87. The van der Waals surface area contributed by atoms with E-state index in [-0.39, 0.29) is 55.9 Å². The number of rotatable bonds is 20. The Balaban J connectivity index is 2.14. The maximum Gasteiger partial charge on any atom is 0.242 e. The number of nitrogens with one attached hydrogen (secondary N) is 2. The van der Waals surface area contributed by atoms with Crippen LogP contribution in [-0.2, 0) is 35.1 Å². The maximum absolute atomic E-state index is 13.9. The van der Waals surface area contributed by atoms with Crippen LogP contribution in [0.2, 0.25) is 0 Å². The molecule has 1 heterocycles. The van der Waals surface area contributed by atoms with Crippen LogP contribution >= 0.6 is 0 Å². The van der Waals surface area contributed by atoms with Crippen molar-refractivity contribution in [3.63, 3.8) is 0 Å². The molecule has 13 nitrogen and oxygen atoms in total. The molecule has 1 aliphatic rings. The van der Waals surface area contributed by atoms with Gasteiger partial charge in [0.25, 0.3) is 0 Å². The minimum absolute atomic E-state index is 0.0138. The van der Waals surface area contributed by atoms with Crippen molar-refractivity contribution in [3.8, 4) is 0 Å².